The zero-order valence-corrected chi connectivity index (χ0v) is 11.8. The predicted octanol–water partition coefficient (Wildman–Crippen LogP) is 3.39. The van der Waals surface area contributed by atoms with Crippen LogP contribution < -0.4 is 5.32 Å². The van der Waals surface area contributed by atoms with Crippen molar-refractivity contribution >= 4 is 27.3 Å². The molecule has 1 atom stereocenters. The fraction of sp³-hybridized carbons (Fsp3) is 0.357. The summed E-state index contributed by atoms with van der Waals surface area (Å²) in [6, 6.07) is 7.50. The highest BCUT2D eigenvalue weighted by Crippen LogP contribution is 2.29. The number of aliphatic hydroxyl groups excluding tert-OH is 1. The Balaban J connectivity index is 1.90. The number of amides is 1. The molecule has 114 valence electrons. The standard InChI is InChI=1S/C14H14F3NO2S/c15-14(16,17)6-5-13(20)18-7-11(19)10-8-21-12-4-2-1-3-9(10)12/h1-4,8,11,19H,5-7H2,(H,18,20). The van der Waals surface area contributed by atoms with E-state index in [9.17, 15) is 23.1 Å². The van der Waals surface area contributed by atoms with E-state index in [2.05, 4.69) is 5.32 Å². The summed E-state index contributed by atoms with van der Waals surface area (Å²) < 4.78 is 37.0. The number of hydrogen-bond acceptors (Lipinski definition) is 3. The number of nitrogens with one attached hydrogen (secondary N) is 1. The Morgan fingerprint density at radius 2 is 2.05 bits per heavy atom. The molecule has 0 aliphatic rings. The summed E-state index contributed by atoms with van der Waals surface area (Å²) in [4.78, 5) is 11.3. The van der Waals surface area contributed by atoms with Crippen LogP contribution in [-0.4, -0.2) is 23.7 Å². The molecule has 1 unspecified atom stereocenters. The number of thiophene rings is 1. The molecule has 0 saturated carbocycles. The van der Waals surface area contributed by atoms with Crippen molar-refractivity contribution in [3.8, 4) is 0 Å². The van der Waals surface area contributed by atoms with Crippen LogP contribution in [0.1, 0.15) is 24.5 Å². The van der Waals surface area contributed by atoms with Crippen molar-refractivity contribution in [3.05, 3.63) is 35.2 Å². The van der Waals surface area contributed by atoms with E-state index in [0.717, 1.165) is 10.1 Å². The van der Waals surface area contributed by atoms with Crippen LogP contribution in [-0.2, 0) is 4.79 Å². The fourth-order valence-corrected chi connectivity index (χ4v) is 2.93. The van der Waals surface area contributed by atoms with Crippen LogP contribution in [0.3, 0.4) is 0 Å². The molecule has 2 N–H and O–H groups in total. The van der Waals surface area contributed by atoms with Gasteiger partial charge in [-0.25, -0.2) is 0 Å². The maximum atomic E-state index is 12.0. The van der Waals surface area contributed by atoms with Gasteiger partial charge in [-0.3, -0.25) is 4.79 Å². The molecule has 0 saturated heterocycles. The van der Waals surface area contributed by atoms with Gasteiger partial charge in [0.05, 0.1) is 12.5 Å². The fourth-order valence-electron chi connectivity index (χ4n) is 1.92. The quantitative estimate of drug-likeness (QED) is 0.888. The number of fused-ring (bicyclic) bond motifs is 1. The number of alkyl halides is 3. The lowest BCUT2D eigenvalue weighted by Crippen LogP contribution is -2.29. The van der Waals surface area contributed by atoms with E-state index in [4.69, 9.17) is 0 Å². The summed E-state index contributed by atoms with van der Waals surface area (Å²) in [6.45, 7) is -0.0998. The van der Waals surface area contributed by atoms with Crippen molar-refractivity contribution < 1.29 is 23.1 Å². The second-order valence-electron chi connectivity index (χ2n) is 4.62. The molecule has 1 amide bonds. The van der Waals surface area contributed by atoms with Crippen molar-refractivity contribution in [2.24, 2.45) is 0 Å². The molecule has 0 spiro atoms. The molecule has 3 nitrogen and oxygen atoms in total. The van der Waals surface area contributed by atoms with Crippen molar-refractivity contribution in [2.75, 3.05) is 6.54 Å². The molecule has 2 aromatic rings. The van der Waals surface area contributed by atoms with Crippen molar-refractivity contribution in [1.29, 1.82) is 0 Å². The van der Waals surface area contributed by atoms with Gasteiger partial charge in [0.25, 0.3) is 0 Å². The third-order valence-electron chi connectivity index (χ3n) is 3.00. The molecular formula is C14H14F3NO2S. The summed E-state index contributed by atoms with van der Waals surface area (Å²) in [6.07, 6.45) is -7.06. The lowest BCUT2D eigenvalue weighted by Gasteiger charge is -2.12. The second kappa shape index (κ2) is 6.44. The first-order valence-electron chi connectivity index (χ1n) is 6.34. The van der Waals surface area contributed by atoms with Gasteiger partial charge in [0.15, 0.2) is 0 Å². The highest BCUT2D eigenvalue weighted by molar-refractivity contribution is 7.17. The van der Waals surface area contributed by atoms with Gasteiger partial charge < -0.3 is 10.4 Å². The van der Waals surface area contributed by atoms with Crippen LogP contribution in [0.2, 0.25) is 0 Å². The Labute approximate surface area is 123 Å². The van der Waals surface area contributed by atoms with E-state index in [1.165, 1.54) is 11.3 Å². The average molecular weight is 317 g/mol. The Morgan fingerprint density at radius 3 is 2.76 bits per heavy atom. The van der Waals surface area contributed by atoms with Gasteiger partial charge in [0, 0.05) is 23.2 Å². The highest BCUT2D eigenvalue weighted by Gasteiger charge is 2.28. The Hall–Kier alpha value is -1.60. The molecule has 1 aromatic heterocycles. The molecule has 1 aromatic carbocycles. The summed E-state index contributed by atoms with van der Waals surface area (Å²) in [5, 5.41) is 15.1. The molecule has 0 radical (unpaired) electrons. The van der Waals surface area contributed by atoms with Crippen LogP contribution in [0.4, 0.5) is 13.2 Å². The SMILES string of the molecule is O=C(CCC(F)(F)F)NCC(O)c1csc2ccccc12. The predicted molar refractivity (Wildman–Crippen MR) is 75.1 cm³/mol. The molecule has 21 heavy (non-hydrogen) atoms. The van der Waals surface area contributed by atoms with Crippen LogP contribution in [0.15, 0.2) is 29.6 Å². The number of benzene rings is 1. The monoisotopic (exact) mass is 317 g/mol. The third kappa shape index (κ3) is 4.44. The second-order valence-corrected chi connectivity index (χ2v) is 5.53. The van der Waals surface area contributed by atoms with Gasteiger partial charge in [-0.1, -0.05) is 18.2 Å². The van der Waals surface area contributed by atoms with Crippen molar-refractivity contribution in [1.82, 2.24) is 5.32 Å². The molecule has 0 aliphatic heterocycles. The summed E-state index contributed by atoms with van der Waals surface area (Å²) in [5.74, 6) is -0.717. The molecule has 7 heteroatoms. The first-order chi connectivity index (χ1) is 9.87. The summed E-state index contributed by atoms with van der Waals surface area (Å²) in [7, 11) is 0. The van der Waals surface area contributed by atoms with Gasteiger partial charge in [-0.05, 0) is 16.8 Å². The topological polar surface area (TPSA) is 49.3 Å². The van der Waals surface area contributed by atoms with E-state index in [0.29, 0.717) is 5.56 Å². The largest absolute Gasteiger partial charge is 0.389 e. The zero-order valence-electron chi connectivity index (χ0n) is 11.0. The number of carbonyl (C=O) groups is 1. The summed E-state index contributed by atoms with van der Waals surface area (Å²) in [5.41, 5.74) is 0.673. The normalized spacial score (nSPS) is 13.3. The van der Waals surface area contributed by atoms with Crippen molar-refractivity contribution in [3.63, 3.8) is 0 Å². The summed E-state index contributed by atoms with van der Waals surface area (Å²) >= 11 is 1.47. The van der Waals surface area contributed by atoms with Gasteiger partial charge in [0.2, 0.25) is 5.91 Å². The van der Waals surface area contributed by atoms with Crippen LogP contribution >= 0.6 is 11.3 Å². The molecule has 0 fully saturated rings. The van der Waals surface area contributed by atoms with Crippen LogP contribution in [0.25, 0.3) is 10.1 Å². The third-order valence-corrected chi connectivity index (χ3v) is 3.98. The number of hydrogen-bond donors (Lipinski definition) is 2. The molecule has 2 rings (SSSR count). The average Bonchev–Trinajstić information content (AvgIpc) is 2.85. The molecular weight excluding hydrogens is 303 g/mol. The number of rotatable bonds is 5. The Morgan fingerprint density at radius 1 is 1.33 bits per heavy atom. The number of carbonyl (C=O) groups excluding carboxylic acids is 1. The maximum Gasteiger partial charge on any atom is 0.389 e. The van der Waals surface area contributed by atoms with Crippen molar-refractivity contribution in [2.45, 2.75) is 25.1 Å². The Bertz CT molecular complexity index is 624. The first-order valence-corrected chi connectivity index (χ1v) is 7.22. The highest BCUT2D eigenvalue weighted by atomic mass is 32.1. The minimum absolute atomic E-state index is 0.0998. The molecule has 0 aliphatic carbocycles. The van der Waals surface area contributed by atoms with Crippen LogP contribution in [0, 0.1) is 0 Å². The lowest BCUT2D eigenvalue weighted by atomic mass is 10.1. The van der Waals surface area contributed by atoms with E-state index in [-0.39, 0.29) is 6.54 Å². The number of aliphatic hydroxyl groups is 1. The minimum Gasteiger partial charge on any atom is -0.387 e. The van der Waals surface area contributed by atoms with Gasteiger partial charge >= 0.3 is 6.18 Å². The van der Waals surface area contributed by atoms with Gasteiger partial charge in [0.1, 0.15) is 0 Å². The maximum absolute atomic E-state index is 12.0. The smallest absolute Gasteiger partial charge is 0.387 e. The van der Waals surface area contributed by atoms with Gasteiger partial charge in [-0.2, -0.15) is 13.2 Å². The van der Waals surface area contributed by atoms with E-state index in [1.54, 1.807) is 5.38 Å². The van der Waals surface area contributed by atoms with Gasteiger partial charge in [-0.15, -0.1) is 11.3 Å². The minimum atomic E-state index is -4.35. The van der Waals surface area contributed by atoms with E-state index < -0.39 is 31.0 Å². The molecule has 1 heterocycles. The lowest BCUT2D eigenvalue weighted by molar-refractivity contribution is -0.144. The zero-order chi connectivity index (χ0) is 15.5. The molecule has 0 bridgehead atoms. The van der Waals surface area contributed by atoms with E-state index >= 15 is 0 Å². The first kappa shape index (κ1) is 15.8. The Kier molecular flexibility index (Phi) is 4.84. The van der Waals surface area contributed by atoms with Crippen LogP contribution in [0.5, 0.6) is 0 Å². The number of halogens is 3. The van der Waals surface area contributed by atoms with E-state index in [1.807, 2.05) is 24.3 Å².